The lowest BCUT2D eigenvalue weighted by molar-refractivity contribution is -0.178. The number of ether oxygens (including phenoxy) is 5. The third-order valence-corrected chi connectivity index (χ3v) is 21.0. The number of rotatable bonds is 36. The summed E-state index contributed by atoms with van der Waals surface area (Å²) in [7, 11) is 0. The maximum Gasteiger partial charge on any atom is 0.331 e. The van der Waals surface area contributed by atoms with Gasteiger partial charge >= 0.3 is 11.9 Å². The standard InChI is InChI=1S/C80H124N10O26/c1-11-12-13-14-17-24-49-30-31-59(116-64(98)29-19-16-15-18-25-58-61-37-60(115-58)45(7)57(113-61)27-22-26-56-44(6)53(94)36-62(114-56)68(99)48(10)93)71(112-49)43(5)34-42(4)23-20-21-28-63(97)83-33-32-82-46(8)73(103)84-38-51-75(105)87-52(40-91)54(95)35-50(41(2)3)74(104)89-66(69(100)70(101)72(81)102)78(108)88-65(47(9)92)77(107)85-39-55(96)76(106)90-67(80(110)111)79(109)86-51/h11,14-19,22,25,27,29-31,34,41-42,44-53,55-62,65-71,76,82,90-94,96,99-101,106H,1,12-13,20-21,23-24,26,28,32-33,35-40H2,2-10H3,(H2,81,102)(H,83,97)(H,84,103)(H,85,107)(H,86,109)(H,87,105)(H,88,108)(H,89,104)(H,110,111)/b16-15-,17-14+,25-18+,27-22+,29-19-,43-34+/t42-,44-,45?,46?,47?,48+,49?,50?,51?,52?,53+,55?,56-,57+,58-,59?,60?,61?,62-,65?,66?,67?,68+,69?,70?,71?,76?/m1/s1. The maximum absolute atomic E-state index is 14.0. The minimum atomic E-state index is -2.54. The van der Waals surface area contributed by atoms with Crippen molar-refractivity contribution in [3.63, 3.8) is 0 Å². The quantitative estimate of drug-likeness (QED) is 0.00750. The molecule has 0 aliphatic carbocycles. The number of carboxylic acid groups (broad SMARTS) is 1. The van der Waals surface area contributed by atoms with E-state index in [4.69, 9.17) is 29.4 Å². The van der Waals surface area contributed by atoms with E-state index in [0.717, 1.165) is 31.8 Å². The molecule has 8 amide bonds. The molecular formula is C80H124N10O26. The van der Waals surface area contributed by atoms with Crippen molar-refractivity contribution in [1.82, 2.24) is 47.9 Å². The first-order valence-corrected chi connectivity index (χ1v) is 39.6. The number of esters is 1. The summed E-state index contributed by atoms with van der Waals surface area (Å²) in [5, 5.41) is 125. The maximum atomic E-state index is 14.0. The zero-order valence-corrected chi connectivity index (χ0v) is 67.4. The number of nitrogens with two attached hydrogens (primary N) is 1. The van der Waals surface area contributed by atoms with Gasteiger partial charge in [0.05, 0.1) is 67.6 Å². The molecule has 0 radical (unpaired) electrons. The molecule has 5 aliphatic heterocycles. The Morgan fingerprint density at radius 3 is 2.06 bits per heavy atom. The number of carbonyl (C=O) groups is 11. The molecule has 0 aromatic rings. The van der Waals surface area contributed by atoms with Crippen molar-refractivity contribution < 1.29 is 127 Å². The number of carboxylic acids is 1. The number of aliphatic hydroxyl groups is 9. The number of aliphatic hydroxyl groups excluding tert-OH is 9. The number of allylic oxidation sites excluding steroid dienone is 7. The summed E-state index contributed by atoms with van der Waals surface area (Å²) in [6.07, 6.45) is 13.4. The number of β-amino-alcohol motifs (C(OH)–C–C–N with tert-alkyl or cyclic N) is 1. The number of Topliss-reactive ketones (excluding diaryl/α,β-unsaturated/α-hetero) is 1. The van der Waals surface area contributed by atoms with Gasteiger partial charge in [0.2, 0.25) is 47.3 Å². The fourth-order valence-corrected chi connectivity index (χ4v) is 13.7. The van der Waals surface area contributed by atoms with Crippen LogP contribution in [0.4, 0.5) is 0 Å². The van der Waals surface area contributed by atoms with E-state index in [-0.39, 0.29) is 86.2 Å². The largest absolute Gasteiger partial charge is 0.480 e. The minimum Gasteiger partial charge on any atom is -0.480 e. The molecule has 36 nitrogen and oxygen atoms in total. The average molecular weight is 1640 g/mol. The number of hydrogen-bond acceptors (Lipinski definition) is 27. The molecule has 5 aliphatic rings. The zero-order chi connectivity index (χ0) is 86.2. The van der Waals surface area contributed by atoms with Crippen molar-refractivity contribution in [2.45, 2.75) is 273 Å². The van der Waals surface area contributed by atoms with Gasteiger partial charge in [-0.05, 0) is 89.7 Å². The minimum absolute atomic E-state index is 0.0219. The fourth-order valence-electron chi connectivity index (χ4n) is 13.7. The average Bonchev–Trinajstić information content (AvgIpc) is 1.64. The molecule has 5 rings (SSSR count). The van der Waals surface area contributed by atoms with Crippen molar-refractivity contribution in [1.29, 1.82) is 0 Å². The Morgan fingerprint density at radius 2 is 1.40 bits per heavy atom. The van der Waals surface area contributed by atoms with Crippen molar-refractivity contribution in [2.75, 3.05) is 32.8 Å². The number of nitrogens with one attached hydrogen (secondary N) is 9. The van der Waals surface area contributed by atoms with Gasteiger partial charge in [-0.15, -0.1) is 6.58 Å². The Hall–Kier alpha value is -8.31. The van der Waals surface area contributed by atoms with Crippen LogP contribution in [0.1, 0.15) is 133 Å². The number of aliphatic carboxylic acids is 1. The summed E-state index contributed by atoms with van der Waals surface area (Å²) in [5.41, 5.74) is 6.00. The number of primary amides is 1. The molecule has 0 aromatic heterocycles. The first-order valence-electron chi connectivity index (χ1n) is 39.6. The molecule has 4 fully saturated rings. The van der Waals surface area contributed by atoms with Crippen LogP contribution in [-0.4, -0.2) is 289 Å². The van der Waals surface area contributed by atoms with Crippen LogP contribution < -0.4 is 53.6 Å². The van der Waals surface area contributed by atoms with E-state index in [1.54, 1.807) is 18.2 Å². The summed E-state index contributed by atoms with van der Waals surface area (Å²) < 4.78 is 31.5. The van der Waals surface area contributed by atoms with Crippen LogP contribution in [0.25, 0.3) is 0 Å². The molecule has 0 saturated carbocycles. The van der Waals surface area contributed by atoms with Crippen molar-refractivity contribution in [2.24, 2.45) is 35.3 Å². The number of amides is 8. The van der Waals surface area contributed by atoms with Gasteiger partial charge in [-0.1, -0.05) is 114 Å². The number of unbranched alkanes of at least 4 members (excludes halogenated alkanes) is 2. The van der Waals surface area contributed by atoms with Gasteiger partial charge in [0, 0.05) is 75.7 Å². The highest BCUT2D eigenvalue weighted by Gasteiger charge is 2.47. The van der Waals surface area contributed by atoms with Crippen LogP contribution >= 0.6 is 0 Å². The van der Waals surface area contributed by atoms with Crippen molar-refractivity contribution in [3.05, 3.63) is 97.2 Å². The van der Waals surface area contributed by atoms with Gasteiger partial charge in [-0.25, -0.2) is 9.59 Å². The van der Waals surface area contributed by atoms with Gasteiger partial charge < -0.3 is 123 Å². The monoisotopic (exact) mass is 1640 g/mol. The topological polar surface area (TPSA) is 571 Å². The van der Waals surface area contributed by atoms with Gasteiger partial charge in [-0.3, -0.25) is 48.5 Å². The van der Waals surface area contributed by atoms with Crippen LogP contribution in [0.15, 0.2) is 97.2 Å². The van der Waals surface area contributed by atoms with E-state index in [9.17, 15) is 104 Å². The van der Waals surface area contributed by atoms with Crippen molar-refractivity contribution >= 4 is 65.0 Å². The van der Waals surface area contributed by atoms with Crippen molar-refractivity contribution in [3.8, 4) is 0 Å². The Bertz CT molecular complexity index is 3490. The number of hydrogen-bond donors (Lipinski definition) is 20. The second kappa shape index (κ2) is 49.2. The van der Waals surface area contributed by atoms with Gasteiger partial charge in [0.25, 0.3) is 0 Å². The molecule has 0 aromatic carbocycles. The van der Waals surface area contributed by atoms with Gasteiger partial charge in [0.1, 0.15) is 60.9 Å². The Balaban J connectivity index is 1.13. The molecule has 4 saturated heterocycles. The molecule has 18 unspecified atom stereocenters. The SMILES string of the molecule is C=CCC/C=C/CC1C=CC(OC(=O)\C=C/C=C\C=C\[C@H]2OC3CC2O[C@@H](/C=C/C[C@H]2O[C@@H]([C@@H](O)[C@H](C)O)C[C@H](O)[C@H]2C)C3C)C(/C(C)=C/[C@H](C)CCCCC(=O)NCCNC(C)C(=O)NCC2NC(=O)C(C(=O)O)NC(O)C(O)CNC(=O)C(C(C)O)NC(=O)C(C(O)C(O)C(N)=O)NC(=O)C(C(C)C)CC(=O)C(CO)NC2=O)O1. The van der Waals surface area contributed by atoms with E-state index >= 15 is 0 Å². The zero-order valence-electron chi connectivity index (χ0n) is 67.4. The Kier molecular flexibility index (Phi) is 41.6. The summed E-state index contributed by atoms with van der Waals surface area (Å²) in [5.74, 6) is -15.6. The second-order valence-corrected chi connectivity index (χ2v) is 30.7. The van der Waals surface area contributed by atoms with Crippen LogP contribution in [0.2, 0.25) is 0 Å². The number of fused-ring (bicyclic) bond motifs is 2. The lowest BCUT2D eigenvalue weighted by Gasteiger charge is -2.40. The van der Waals surface area contributed by atoms with E-state index < -0.39 is 201 Å². The lowest BCUT2D eigenvalue weighted by Crippen LogP contribution is -2.64. The van der Waals surface area contributed by atoms with Crippen LogP contribution in [0.3, 0.4) is 0 Å². The Labute approximate surface area is 676 Å². The predicted molar refractivity (Wildman–Crippen MR) is 419 cm³/mol. The third kappa shape index (κ3) is 31.2. The lowest BCUT2D eigenvalue weighted by atomic mass is 9.86. The van der Waals surface area contributed by atoms with E-state index in [2.05, 4.69) is 62.9 Å². The highest BCUT2D eigenvalue weighted by molar-refractivity contribution is 6.03. The fraction of sp³-hybridized carbons (Fsp3) is 0.662. The highest BCUT2D eigenvalue weighted by Crippen LogP contribution is 2.39. The van der Waals surface area contributed by atoms with E-state index in [1.165, 1.54) is 33.8 Å². The van der Waals surface area contributed by atoms with E-state index in [0.29, 0.717) is 32.1 Å². The molecule has 27 atom stereocenters. The Morgan fingerprint density at radius 1 is 0.707 bits per heavy atom. The summed E-state index contributed by atoms with van der Waals surface area (Å²) in [6.45, 7) is 15.6. The first-order chi connectivity index (χ1) is 54.9. The smallest absolute Gasteiger partial charge is 0.331 e. The predicted octanol–water partition coefficient (Wildman–Crippen LogP) is -2.84. The summed E-state index contributed by atoms with van der Waals surface area (Å²) in [4.78, 5) is 147. The molecule has 650 valence electrons. The van der Waals surface area contributed by atoms with Gasteiger partial charge in [0.15, 0.2) is 24.0 Å². The molecule has 2 bridgehead atoms. The molecule has 5 heterocycles. The molecule has 21 N–H and O–H groups in total. The normalized spacial score (nSPS) is 31.7. The van der Waals surface area contributed by atoms with Gasteiger partial charge in [-0.2, -0.15) is 0 Å². The highest BCUT2D eigenvalue weighted by atomic mass is 16.6. The number of carbonyl (C=O) groups excluding carboxylic acids is 10. The summed E-state index contributed by atoms with van der Waals surface area (Å²) in [6, 6.07) is -11.8. The molecular weight excluding hydrogens is 1520 g/mol. The van der Waals surface area contributed by atoms with Crippen LogP contribution in [0, 0.1) is 29.6 Å². The second-order valence-electron chi connectivity index (χ2n) is 30.7. The van der Waals surface area contributed by atoms with E-state index in [1.807, 2.05) is 80.0 Å². The van der Waals surface area contributed by atoms with Crippen LogP contribution in [-0.2, 0) is 76.4 Å². The number of ketones is 1. The third-order valence-electron chi connectivity index (χ3n) is 21.0. The summed E-state index contributed by atoms with van der Waals surface area (Å²) >= 11 is 0. The van der Waals surface area contributed by atoms with Crippen LogP contribution in [0.5, 0.6) is 0 Å². The first kappa shape index (κ1) is 98.3. The molecule has 0 spiro atoms. The molecule has 36 heteroatoms. The molecule has 116 heavy (non-hydrogen) atoms.